The van der Waals surface area contributed by atoms with Crippen molar-refractivity contribution in [2.24, 2.45) is 0 Å². The normalized spacial score (nSPS) is 19.8. The summed E-state index contributed by atoms with van der Waals surface area (Å²) in [6.07, 6.45) is 5.78. The third-order valence-electron chi connectivity index (χ3n) is 5.44. The summed E-state index contributed by atoms with van der Waals surface area (Å²) in [5.74, 6) is 0.121. The number of nitrogens with one attached hydrogen (secondary N) is 1. The van der Waals surface area contributed by atoms with Gasteiger partial charge in [-0.05, 0) is 67.5 Å². The van der Waals surface area contributed by atoms with E-state index < -0.39 is 0 Å². The van der Waals surface area contributed by atoms with Crippen molar-refractivity contribution in [1.82, 2.24) is 5.32 Å². The maximum Gasteiger partial charge on any atom is 0.251 e. The quantitative estimate of drug-likeness (QED) is 0.911. The molecule has 2 aliphatic rings. The second kappa shape index (κ2) is 7.32. The number of benzene rings is 2. The first-order valence-corrected chi connectivity index (χ1v) is 9.51. The van der Waals surface area contributed by atoms with Crippen molar-refractivity contribution in [2.75, 3.05) is 11.4 Å². The number of carbonyl (C=O) groups is 2. The molecule has 1 heterocycles. The van der Waals surface area contributed by atoms with Gasteiger partial charge in [0.05, 0.1) is 6.04 Å². The molecule has 2 aromatic rings. The number of fused-ring (bicyclic) bond motifs is 1. The second-order valence-electron chi connectivity index (χ2n) is 7.17. The van der Waals surface area contributed by atoms with Gasteiger partial charge in [-0.15, -0.1) is 0 Å². The van der Waals surface area contributed by atoms with E-state index in [2.05, 4.69) is 23.5 Å². The van der Waals surface area contributed by atoms with Crippen molar-refractivity contribution < 1.29 is 9.59 Å². The molecule has 1 N–H and O–H groups in total. The SMILES string of the molecule is O=C(N[C@H]1CCCc2ccccc21)c1ccc(N2CCCCC2=O)cc1. The third kappa shape index (κ3) is 3.36. The summed E-state index contributed by atoms with van der Waals surface area (Å²) in [5, 5.41) is 3.18. The molecule has 134 valence electrons. The highest BCUT2D eigenvalue weighted by molar-refractivity contribution is 5.97. The molecule has 0 aromatic heterocycles. The van der Waals surface area contributed by atoms with E-state index >= 15 is 0 Å². The molecule has 4 heteroatoms. The van der Waals surface area contributed by atoms with Crippen molar-refractivity contribution in [1.29, 1.82) is 0 Å². The summed E-state index contributed by atoms with van der Waals surface area (Å²) in [6, 6.07) is 15.8. The molecule has 0 unspecified atom stereocenters. The summed E-state index contributed by atoms with van der Waals surface area (Å²) in [7, 11) is 0. The Morgan fingerprint density at radius 3 is 2.58 bits per heavy atom. The molecule has 26 heavy (non-hydrogen) atoms. The molecule has 1 aliphatic heterocycles. The minimum atomic E-state index is -0.0526. The zero-order chi connectivity index (χ0) is 17.9. The number of nitrogens with zero attached hydrogens (tertiary/aromatic N) is 1. The molecule has 2 aromatic carbocycles. The van der Waals surface area contributed by atoms with Gasteiger partial charge in [0.2, 0.25) is 5.91 Å². The van der Waals surface area contributed by atoms with Crippen LogP contribution in [0.3, 0.4) is 0 Å². The number of hydrogen-bond acceptors (Lipinski definition) is 2. The minimum Gasteiger partial charge on any atom is -0.345 e. The molecule has 2 amide bonds. The van der Waals surface area contributed by atoms with Gasteiger partial charge >= 0.3 is 0 Å². The van der Waals surface area contributed by atoms with Crippen LogP contribution in [-0.4, -0.2) is 18.4 Å². The van der Waals surface area contributed by atoms with Gasteiger partial charge in [0.15, 0.2) is 0 Å². The van der Waals surface area contributed by atoms with E-state index in [1.807, 2.05) is 35.2 Å². The van der Waals surface area contributed by atoms with Gasteiger partial charge in [-0.1, -0.05) is 24.3 Å². The van der Waals surface area contributed by atoms with Crippen LogP contribution in [0.15, 0.2) is 48.5 Å². The predicted octanol–water partition coefficient (Wildman–Crippen LogP) is 4.01. The van der Waals surface area contributed by atoms with Crippen LogP contribution >= 0.6 is 0 Å². The fourth-order valence-electron chi connectivity index (χ4n) is 4.02. The maximum absolute atomic E-state index is 12.7. The van der Waals surface area contributed by atoms with Crippen LogP contribution in [0.2, 0.25) is 0 Å². The fraction of sp³-hybridized carbons (Fsp3) is 0.364. The van der Waals surface area contributed by atoms with E-state index in [9.17, 15) is 9.59 Å². The van der Waals surface area contributed by atoms with Crippen LogP contribution < -0.4 is 10.2 Å². The molecule has 0 saturated carbocycles. The van der Waals surface area contributed by atoms with E-state index in [1.165, 1.54) is 11.1 Å². The number of piperidine rings is 1. The van der Waals surface area contributed by atoms with E-state index in [0.29, 0.717) is 12.0 Å². The predicted molar refractivity (Wildman–Crippen MR) is 102 cm³/mol. The Labute approximate surface area is 154 Å². The van der Waals surface area contributed by atoms with E-state index in [4.69, 9.17) is 0 Å². The van der Waals surface area contributed by atoms with Crippen LogP contribution in [-0.2, 0) is 11.2 Å². The average Bonchev–Trinajstić information content (AvgIpc) is 2.69. The standard InChI is InChI=1S/C22H24N2O2/c25-21-10-3-4-15-24(21)18-13-11-17(12-14-18)22(26)23-20-9-5-7-16-6-1-2-8-19(16)20/h1-2,6,8,11-14,20H,3-5,7,9-10,15H2,(H,23,26)/t20-/m0/s1. The van der Waals surface area contributed by atoms with Gasteiger partial charge in [-0.2, -0.15) is 0 Å². The molecule has 1 saturated heterocycles. The van der Waals surface area contributed by atoms with Crippen molar-refractivity contribution in [3.8, 4) is 0 Å². The topological polar surface area (TPSA) is 49.4 Å². The zero-order valence-corrected chi connectivity index (χ0v) is 14.9. The highest BCUT2D eigenvalue weighted by Gasteiger charge is 2.23. The summed E-state index contributed by atoms with van der Waals surface area (Å²) < 4.78 is 0. The van der Waals surface area contributed by atoms with Crippen LogP contribution in [0.1, 0.15) is 59.6 Å². The fourth-order valence-corrected chi connectivity index (χ4v) is 4.02. The van der Waals surface area contributed by atoms with Gasteiger partial charge in [0.25, 0.3) is 5.91 Å². The minimum absolute atomic E-state index is 0.0526. The molecular formula is C22H24N2O2. The highest BCUT2D eigenvalue weighted by Crippen LogP contribution is 2.30. The monoisotopic (exact) mass is 348 g/mol. The lowest BCUT2D eigenvalue weighted by Crippen LogP contribution is -2.35. The lowest BCUT2D eigenvalue weighted by Gasteiger charge is -2.27. The number of rotatable bonds is 3. The van der Waals surface area contributed by atoms with E-state index in [-0.39, 0.29) is 17.9 Å². The Hall–Kier alpha value is -2.62. The van der Waals surface area contributed by atoms with Crippen LogP contribution in [0.25, 0.3) is 0 Å². The van der Waals surface area contributed by atoms with Crippen molar-refractivity contribution >= 4 is 17.5 Å². The smallest absolute Gasteiger partial charge is 0.251 e. The van der Waals surface area contributed by atoms with Crippen molar-refractivity contribution in [3.05, 3.63) is 65.2 Å². The summed E-state index contributed by atoms with van der Waals surface area (Å²) >= 11 is 0. The second-order valence-corrected chi connectivity index (χ2v) is 7.17. The van der Waals surface area contributed by atoms with Gasteiger partial charge < -0.3 is 10.2 Å². The first-order chi connectivity index (χ1) is 12.7. The Morgan fingerprint density at radius 2 is 1.77 bits per heavy atom. The lowest BCUT2D eigenvalue weighted by atomic mass is 9.87. The van der Waals surface area contributed by atoms with Gasteiger partial charge in [-0.3, -0.25) is 9.59 Å². The van der Waals surface area contributed by atoms with Crippen molar-refractivity contribution in [3.63, 3.8) is 0 Å². The van der Waals surface area contributed by atoms with Crippen LogP contribution in [0.4, 0.5) is 5.69 Å². The van der Waals surface area contributed by atoms with Gasteiger partial charge in [0.1, 0.15) is 0 Å². The molecule has 1 aliphatic carbocycles. The van der Waals surface area contributed by atoms with Crippen LogP contribution in [0, 0.1) is 0 Å². The summed E-state index contributed by atoms with van der Waals surface area (Å²) in [5.41, 5.74) is 4.10. The summed E-state index contributed by atoms with van der Waals surface area (Å²) in [4.78, 5) is 26.5. The van der Waals surface area contributed by atoms with Gasteiger partial charge in [0, 0.05) is 24.2 Å². The molecule has 1 fully saturated rings. The highest BCUT2D eigenvalue weighted by atomic mass is 16.2. The molecule has 1 atom stereocenters. The largest absolute Gasteiger partial charge is 0.345 e. The van der Waals surface area contributed by atoms with Gasteiger partial charge in [-0.25, -0.2) is 0 Å². The third-order valence-corrected chi connectivity index (χ3v) is 5.44. The number of hydrogen-bond donors (Lipinski definition) is 1. The number of anilines is 1. The Bertz CT molecular complexity index is 813. The molecule has 4 nitrogen and oxygen atoms in total. The molecule has 4 rings (SSSR count). The first kappa shape index (κ1) is 16.8. The Kier molecular flexibility index (Phi) is 4.74. The first-order valence-electron chi connectivity index (χ1n) is 9.51. The average molecular weight is 348 g/mol. The number of aryl methyl sites for hydroxylation is 1. The van der Waals surface area contributed by atoms with Crippen LogP contribution in [0.5, 0.6) is 0 Å². The zero-order valence-electron chi connectivity index (χ0n) is 14.9. The Balaban J connectivity index is 1.47. The Morgan fingerprint density at radius 1 is 0.962 bits per heavy atom. The number of amides is 2. The van der Waals surface area contributed by atoms with E-state index in [1.54, 1.807) is 0 Å². The molecular weight excluding hydrogens is 324 g/mol. The van der Waals surface area contributed by atoms with E-state index in [0.717, 1.165) is 44.3 Å². The molecule has 0 bridgehead atoms. The molecule has 0 radical (unpaired) electrons. The maximum atomic E-state index is 12.7. The summed E-state index contributed by atoms with van der Waals surface area (Å²) in [6.45, 7) is 0.767. The van der Waals surface area contributed by atoms with Crippen molar-refractivity contribution in [2.45, 2.75) is 44.6 Å². The number of carbonyl (C=O) groups excluding carboxylic acids is 2. The molecule has 0 spiro atoms. The lowest BCUT2D eigenvalue weighted by molar-refractivity contribution is -0.119.